The molecule has 4 amide bonds. The van der Waals surface area contributed by atoms with Crippen molar-refractivity contribution in [3.05, 3.63) is 35.9 Å². The largest absolute Gasteiger partial charge is 0.477 e. The molecular weight excluding hydrogens is 1460 g/mol. The lowest BCUT2D eigenvalue weighted by Gasteiger charge is -2.51. The number of carboxylic acids is 1. The van der Waals surface area contributed by atoms with Crippen molar-refractivity contribution in [2.24, 2.45) is 0 Å². The number of hydrogen-bond donors (Lipinski definition) is 12. The van der Waals surface area contributed by atoms with E-state index in [1.165, 1.54) is 197 Å². The van der Waals surface area contributed by atoms with E-state index in [0.29, 0.717) is 18.4 Å². The highest BCUT2D eigenvalue weighted by molar-refractivity contribution is 5.94. The number of fused-ring (bicyclic) bond motifs is 1. The van der Waals surface area contributed by atoms with Crippen molar-refractivity contribution in [1.29, 1.82) is 0 Å². The molecule has 0 spiro atoms. The fourth-order valence-corrected chi connectivity index (χ4v) is 15.2. The number of carbonyl (C=O) groups is 5. The SMILES string of the molecule is CCCCCCCCCCCCCCCCCCCCCCCCCCCCCC(O)CC(=O)N[C@H](Cc1ccccc1)C(=O)N[C@@H](C(=O)N[C@H](C)C(=O)N[C@@H](C)COC1O[C@@H](C)[C@H](OC)[C@@H](OC)[C@H]1O)[C@@H](C)OC1O[C@@H](C)[C@@H](O)[C@@H](O)[C@H]1O[C@@H]1O[C@@H](C)[C@H](O)[C@@H](O[C@@H]2O[C@@H]3CO[C@](C)(C(=O)O)O[C@H]3[C@H](OC)[C@H]2O)[C@H]1O.O. The van der Waals surface area contributed by atoms with E-state index < -0.39 is 195 Å². The Morgan fingerprint density at radius 3 is 1.52 bits per heavy atom. The lowest BCUT2D eigenvalue weighted by Crippen LogP contribution is -2.68. The summed E-state index contributed by atoms with van der Waals surface area (Å²) in [6, 6.07) is 3.54. The van der Waals surface area contributed by atoms with Gasteiger partial charge < -0.3 is 129 Å². The molecule has 31 heteroatoms. The van der Waals surface area contributed by atoms with Gasteiger partial charge in [0, 0.05) is 40.7 Å². The summed E-state index contributed by atoms with van der Waals surface area (Å²) < 4.78 is 76.3. The molecule has 0 bridgehead atoms. The van der Waals surface area contributed by atoms with E-state index >= 15 is 0 Å². The fraction of sp³-hybridized carbons (Fsp3) is 0.864. The molecule has 0 aromatic heterocycles. The highest BCUT2D eigenvalue weighted by Gasteiger charge is 2.58. The van der Waals surface area contributed by atoms with Crippen LogP contribution in [0.2, 0.25) is 0 Å². The zero-order valence-corrected chi connectivity index (χ0v) is 68.5. The van der Waals surface area contributed by atoms with Crippen molar-refractivity contribution in [1.82, 2.24) is 21.3 Å². The number of carbonyl (C=O) groups excluding carboxylic acids is 4. The van der Waals surface area contributed by atoms with E-state index in [0.717, 1.165) is 25.7 Å². The smallest absolute Gasteiger partial charge is 0.364 e. The van der Waals surface area contributed by atoms with Crippen molar-refractivity contribution in [3.8, 4) is 0 Å². The van der Waals surface area contributed by atoms with Crippen molar-refractivity contribution in [3.63, 3.8) is 0 Å². The summed E-state index contributed by atoms with van der Waals surface area (Å²) in [5.41, 5.74) is 0.622. The van der Waals surface area contributed by atoms with Gasteiger partial charge in [0.2, 0.25) is 23.6 Å². The first-order valence-corrected chi connectivity index (χ1v) is 41.5. The van der Waals surface area contributed by atoms with Crippen LogP contribution in [-0.4, -0.2) is 275 Å². The first-order valence-electron chi connectivity index (χ1n) is 41.5. The molecule has 5 aliphatic heterocycles. The molecule has 3 unspecified atom stereocenters. The average Bonchev–Trinajstić information content (AvgIpc) is 0.760. The number of hydrogen-bond acceptors (Lipinski definition) is 25. The number of methoxy groups -OCH3 is 3. The summed E-state index contributed by atoms with van der Waals surface area (Å²) in [4.78, 5) is 69.8. The van der Waals surface area contributed by atoms with Gasteiger partial charge in [0.1, 0.15) is 97.5 Å². The fourth-order valence-electron chi connectivity index (χ4n) is 15.2. The van der Waals surface area contributed by atoms with E-state index in [4.69, 9.17) is 61.6 Å². The van der Waals surface area contributed by atoms with Gasteiger partial charge in [-0.1, -0.05) is 211 Å². The molecule has 1 aromatic rings. The van der Waals surface area contributed by atoms with Crippen molar-refractivity contribution < 1.29 is 132 Å². The molecule has 5 saturated heterocycles. The highest BCUT2D eigenvalue weighted by atomic mass is 16.8. The number of amides is 4. The van der Waals surface area contributed by atoms with Crippen molar-refractivity contribution in [2.75, 3.05) is 34.5 Å². The molecule has 31 nitrogen and oxygen atoms in total. The van der Waals surface area contributed by atoms with Gasteiger partial charge in [-0.25, -0.2) is 4.79 Å². The minimum absolute atomic E-state index is 0. The molecular formula is C81H142N4O27. The van der Waals surface area contributed by atoms with Crippen molar-refractivity contribution in [2.45, 2.75) is 413 Å². The Hall–Kier alpha value is -4.27. The van der Waals surface area contributed by atoms with Crippen LogP contribution in [-0.2, 0) is 92.0 Å². The van der Waals surface area contributed by atoms with Gasteiger partial charge in [-0.2, -0.15) is 0 Å². The number of carboxylic acid groups (broad SMARTS) is 1. The highest BCUT2D eigenvalue weighted by Crippen LogP contribution is 2.38. The van der Waals surface area contributed by atoms with Crippen molar-refractivity contribution >= 4 is 29.6 Å². The zero-order valence-electron chi connectivity index (χ0n) is 68.5. The number of nitrogens with one attached hydrogen (secondary N) is 4. The van der Waals surface area contributed by atoms with E-state index in [1.807, 2.05) is 0 Å². The Labute approximate surface area is 663 Å². The zero-order chi connectivity index (χ0) is 81.2. The molecule has 0 saturated carbocycles. The quantitative estimate of drug-likeness (QED) is 0.0350. The monoisotopic (exact) mass is 1600 g/mol. The summed E-state index contributed by atoms with van der Waals surface area (Å²) >= 11 is 0. The van der Waals surface area contributed by atoms with Crippen LogP contribution in [0.4, 0.5) is 0 Å². The third kappa shape index (κ3) is 31.2. The van der Waals surface area contributed by atoms with E-state index in [-0.39, 0.29) is 31.5 Å². The van der Waals surface area contributed by atoms with Crippen LogP contribution in [0, 0.1) is 0 Å². The number of benzene rings is 1. The lowest BCUT2D eigenvalue weighted by atomic mass is 9.95. The van der Waals surface area contributed by atoms with Gasteiger partial charge in [-0.15, -0.1) is 0 Å². The Kier molecular flexibility index (Phi) is 45.5. The number of unbranched alkanes of at least 4 members (excludes halogenated alkanes) is 26. The number of rotatable bonds is 53. The first-order chi connectivity index (χ1) is 53.2. The van der Waals surface area contributed by atoms with E-state index in [9.17, 15) is 64.8 Å². The third-order valence-electron chi connectivity index (χ3n) is 22.1. The second kappa shape index (κ2) is 51.8. The third-order valence-corrected chi connectivity index (χ3v) is 22.1. The standard InChI is InChI=1S/C81H140N4O26.H2O/c1-12-13-14-15-16-17-18-19-20-21-22-23-24-25-26-27-28-29-30-31-32-33-34-35-36-37-41-44-56(86)46-59(87)84-57(45-55-42-39-38-40-43-55)74(95)85-60(75(96)83-50(3)73(94)82-49(2)47-102-76-65(92)70(100-10)67(99-9)54(7)107-76)51(4)104-79-72(63(90)61(88)52(5)106-79)110-77-64(91)69(62(89)53(6)105-77)109-78-66(93)71(101-11)68-58(108-78)48-103-81(8,111-68)80(97)98;/h38-40,42-43,49-54,56-58,60-72,76-79,86,88-93H,12-37,41,44-48H2,1-11H3,(H,82,94)(H,83,96)(H,84,87)(H,85,95)(H,97,98);1H2/t49-,50+,51+,52-,53-,54-,56?,57+,58+,60+,61+,62-,63+,64+,65+,66+,67-,68+,69+,70-,71+,72+,76?,77-,78-,79?,81-;/m0./s1. The van der Waals surface area contributed by atoms with Crippen LogP contribution in [0.5, 0.6) is 0 Å². The Bertz CT molecular complexity index is 2790. The topological polar surface area (TPSA) is 447 Å². The van der Waals surface area contributed by atoms with Gasteiger partial charge in [0.25, 0.3) is 5.79 Å². The molecule has 27 atom stereocenters. The van der Waals surface area contributed by atoms with Crippen LogP contribution >= 0.6 is 0 Å². The first kappa shape index (κ1) is 98.3. The van der Waals surface area contributed by atoms with Gasteiger partial charge in [-0.05, 0) is 53.5 Å². The summed E-state index contributed by atoms with van der Waals surface area (Å²) in [5.74, 6) is -6.79. The van der Waals surface area contributed by atoms with Crippen LogP contribution in [0.3, 0.4) is 0 Å². The number of aliphatic hydroxyl groups excluding tert-OH is 7. The maximum Gasteiger partial charge on any atom is 0.364 e. The Morgan fingerprint density at radius 2 is 0.991 bits per heavy atom. The average molecular weight is 1600 g/mol. The van der Waals surface area contributed by atoms with Crippen LogP contribution < -0.4 is 21.3 Å². The number of aliphatic hydroxyl groups is 7. The minimum atomic E-state index is -2.11. The molecule has 5 aliphatic rings. The van der Waals surface area contributed by atoms with E-state index in [2.05, 4.69) is 28.2 Å². The molecule has 0 aliphatic carbocycles. The second-order valence-corrected chi connectivity index (χ2v) is 31.5. The van der Waals surface area contributed by atoms with Crippen LogP contribution in [0.15, 0.2) is 30.3 Å². The summed E-state index contributed by atoms with van der Waals surface area (Å²) in [6.45, 7) is 11.8. The summed E-state index contributed by atoms with van der Waals surface area (Å²) in [7, 11) is 4.12. The predicted molar refractivity (Wildman–Crippen MR) is 412 cm³/mol. The number of ether oxygens (including phenoxy) is 13. The van der Waals surface area contributed by atoms with Gasteiger partial charge >= 0.3 is 5.97 Å². The molecule has 648 valence electrons. The molecule has 1 aromatic carbocycles. The number of aliphatic carboxylic acids is 1. The molecule has 14 N–H and O–H groups in total. The predicted octanol–water partition coefficient (Wildman–Crippen LogP) is 5.66. The Morgan fingerprint density at radius 1 is 0.518 bits per heavy atom. The normalized spacial score (nSPS) is 31.7. The Balaban J connectivity index is 0.0000224. The molecule has 6 rings (SSSR count). The summed E-state index contributed by atoms with van der Waals surface area (Å²) in [6.07, 6.45) is 3.99. The van der Waals surface area contributed by atoms with E-state index in [1.54, 1.807) is 44.2 Å². The summed E-state index contributed by atoms with van der Waals surface area (Å²) in [5, 5.41) is 101. The lowest BCUT2D eigenvalue weighted by molar-refractivity contribution is -0.403. The molecule has 5 fully saturated rings. The van der Waals surface area contributed by atoms with Crippen LogP contribution in [0.1, 0.15) is 247 Å². The second-order valence-electron chi connectivity index (χ2n) is 31.5. The maximum atomic E-state index is 15.0. The van der Waals surface area contributed by atoms with Gasteiger partial charge in [0.05, 0.1) is 50.2 Å². The molecule has 5 heterocycles. The van der Waals surface area contributed by atoms with Gasteiger partial charge in [-0.3, -0.25) is 19.2 Å². The van der Waals surface area contributed by atoms with Gasteiger partial charge in [0.15, 0.2) is 25.2 Å². The molecule has 112 heavy (non-hydrogen) atoms. The minimum Gasteiger partial charge on any atom is -0.477 e. The maximum absolute atomic E-state index is 15.0. The molecule has 0 radical (unpaired) electrons. The van der Waals surface area contributed by atoms with Crippen LogP contribution in [0.25, 0.3) is 0 Å².